The van der Waals surface area contributed by atoms with Crippen LogP contribution in [-0.2, 0) is 0 Å². The first-order valence-corrected chi connectivity index (χ1v) is 9.30. The van der Waals surface area contributed by atoms with E-state index in [9.17, 15) is 5.11 Å². The van der Waals surface area contributed by atoms with Gasteiger partial charge in [-0.15, -0.1) is 5.10 Å². The monoisotopic (exact) mass is 389 g/mol. The molecule has 5 nitrogen and oxygen atoms in total. The van der Waals surface area contributed by atoms with E-state index >= 15 is 0 Å². The Morgan fingerprint density at radius 2 is 1.68 bits per heavy atom. The molecule has 3 aromatic carbocycles. The van der Waals surface area contributed by atoms with Crippen LogP contribution in [0.2, 0.25) is 5.02 Å². The molecule has 0 fully saturated rings. The van der Waals surface area contributed by atoms with Crippen molar-refractivity contribution in [3.8, 4) is 0 Å². The van der Waals surface area contributed by atoms with E-state index in [1.54, 1.807) is 16.8 Å². The maximum absolute atomic E-state index is 11.3. The lowest BCUT2D eigenvalue weighted by Crippen LogP contribution is -2.20. The molecule has 2 atom stereocenters. The van der Waals surface area contributed by atoms with Crippen LogP contribution in [0.3, 0.4) is 0 Å². The molecule has 0 spiro atoms. The maximum Gasteiger partial charge on any atom is 0.142 e. The normalized spacial score (nSPS) is 13.8. The number of rotatable bonds is 4. The first-order chi connectivity index (χ1) is 13.7. The Morgan fingerprint density at radius 3 is 2.50 bits per heavy atom. The van der Waals surface area contributed by atoms with Gasteiger partial charge < -0.3 is 9.52 Å². The van der Waals surface area contributed by atoms with E-state index in [2.05, 4.69) is 10.3 Å². The van der Waals surface area contributed by atoms with Gasteiger partial charge in [-0.3, -0.25) is 0 Å². The van der Waals surface area contributed by atoms with E-state index in [1.165, 1.54) is 0 Å². The van der Waals surface area contributed by atoms with Gasteiger partial charge in [-0.25, -0.2) is 4.68 Å². The highest BCUT2D eigenvalue weighted by molar-refractivity contribution is 6.30. The molecule has 5 aromatic rings. The van der Waals surface area contributed by atoms with Crippen molar-refractivity contribution in [2.45, 2.75) is 12.1 Å². The second-order valence-corrected chi connectivity index (χ2v) is 7.09. The van der Waals surface area contributed by atoms with Gasteiger partial charge in [0.2, 0.25) is 0 Å². The summed E-state index contributed by atoms with van der Waals surface area (Å²) in [6.07, 6.45) is -0.900. The first-order valence-electron chi connectivity index (χ1n) is 8.92. The summed E-state index contributed by atoms with van der Waals surface area (Å²) in [5.74, 6) is 0.610. The summed E-state index contributed by atoms with van der Waals surface area (Å²) in [6.45, 7) is 0. The third-order valence-electron chi connectivity index (χ3n) is 4.89. The number of aromatic nitrogens is 3. The average molecular weight is 390 g/mol. The number of halogens is 1. The Hall–Kier alpha value is -3.15. The van der Waals surface area contributed by atoms with Crippen LogP contribution in [-0.4, -0.2) is 20.1 Å². The summed E-state index contributed by atoms with van der Waals surface area (Å²) in [6, 6.07) is 23.9. The van der Waals surface area contributed by atoms with Gasteiger partial charge in [0.15, 0.2) is 0 Å². The smallest absolute Gasteiger partial charge is 0.142 e. The maximum atomic E-state index is 11.3. The fourth-order valence-electron chi connectivity index (χ4n) is 3.49. The van der Waals surface area contributed by atoms with Gasteiger partial charge in [-0.05, 0) is 42.0 Å². The Balaban J connectivity index is 1.70. The predicted molar refractivity (Wildman–Crippen MR) is 108 cm³/mol. The lowest BCUT2D eigenvalue weighted by atomic mass is 10.00. The summed E-state index contributed by atoms with van der Waals surface area (Å²) in [7, 11) is 0. The van der Waals surface area contributed by atoms with Crippen molar-refractivity contribution in [3.05, 3.63) is 95.2 Å². The Kier molecular flexibility index (Phi) is 4.11. The highest BCUT2D eigenvalue weighted by Crippen LogP contribution is 2.37. The van der Waals surface area contributed by atoms with E-state index in [0.717, 1.165) is 27.6 Å². The largest absolute Gasteiger partial charge is 0.459 e. The lowest BCUT2D eigenvalue weighted by molar-refractivity contribution is 0.116. The lowest BCUT2D eigenvalue weighted by Gasteiger charge is -2.22. The topological polar surface area (TPSA) is 64.1 Å². The molecule has 0 amide bonds. The molecule has 28 heavy (non-hydrogen) atoms. The third-order valence-corrected chi connectivity index (χ3v) is 5.14. The zero-order chi connectivity index (χ0) is 19.1. The zero-order valence-electron chi connectivity index (χ0n) is 14.7. The molecule has 2 aromatic heterocycles. The Bertz CT molecular complexity index is 1230. The number of hydrogen-bond donors (Lipinski definition) is 1. The number of para-hydroxylation sites is 2. The average Bonchev–Trinajstić information content (AvgIpc) is 3.33. The Labute approximate surface area is 165 Å². The minimum absolute atomic E-state index is 0.582. The van der Waals surface area contributed by atoms with E-state index in [1.807, 2.05) is 66.7 Å². The summed E-state index contributed by atoms with van der Waals surface area (Å²) < 4.78 is 7.81. The second kappa shape index (κ2) is 6.78. The Morgan fingerprint density at radius 1 is 0.929 bits per heavy atom. The zero-order valence-corrected chi connectivity index (χ0v) is 15.5. The van der Waals surface area contributed by atoms with Crippen molar-refractivity contribution >= 4 is 33.6 Å². The summed E-state index contributed by atoms with van der Waals surface area (Å²) in [5, 5.41) is 21.4. The van der Waals surface area contributed by atoms with Crippen molar-refractivity contribution in [1.29, 1.82) is 0 Å². The SMILES string of the molecule is OC(c1ccc(Cl)cc1)C(c1cc2ccccc2o1)n1nnc2ccccc21. The number of fused-ring (bicyclic) bond motifs is 2. The molecule has 0 aliphatic carbocycles. The number of benzene rings is 3. The summed E-state index contributed by atoms with van der Waals surface area (Å²) >= 11 is 6.02. The first kappa shape index (κ1) is 17.0. The molecule has 5 rings (SSSR count). The second-order valence-electron chi connectivity index (χ2n) is 6.65. The van der Waals surface area contributed by atoms with Gasteiger partial charge in [0, 0.05) is 10.4 Å². The van der Waals surface area contributed by atoms with Crippen molar-refractivity contribution in [2.24, 2.45) is 0 Å². The van der Waals surface area contributed by atoms with Gasteiger partial charge >= 0.3 is 0 Å². The number of aliphatic hydroxyl groups excluding tert-OH is 1. The molecule has 1 N–H and O–H groups in total. The van der Waals surface area contributed by atoms with Crippen molar-refractivity contribution in [1.82, 2.24) is 15.0 Å². The summed E-state index contributed by atoms with van der Waals surface area (Å²) in [4.78, 5) is 0. The van der Waals surface area contributed by atoms with Crippen LogP contribution in [0.4, 0.5) is 0 Å². The molecule has 0 saturated heterocycles. The number of hydrogen-bond acceptors (Lipinski definition) is 4. The van der Waals surface area contributed by atoms with E-state index in [4.69, 9.17) is 16.0 Å². The van der Waals surface area contributed by atoms with Crippen LogP contribution < -0.4 is 0 Å². The number of nitrogens with zero attached hydrogens (tertiary/aromatic N) is 3. The van der Waals surface area contributed by atoms with E-state index in [-0.39, 0.29) is 0 Å². The number of aliphatic hydroxyl groups is 1. The molecular formula is C22H16ClN3O2. The van der Waals surface area contributed by atoms with Gasteiger partial charge in [-0.1, -0.05) is 59.3 Å². The van der Waals surface area contributed by atoms with E-state index in [0.29, 0.717) is 10.8 Å². The minimum Gasteiger partial charge on any atom is -0.459 e. The van der Waals surface area contributed by atoms with E-state index < -0.39 is 12.1 Å². The highest BCUT2D eigenvalue weighted by atomic mass is 35.5. The molecule has 0 bridgehead atoms. The summed E-state index contributed by atoms with van der Waals surface area (Å²) in [5.41, 5.74) is 3.05. The van der Waals surface area contributed by atoms with Gasteiger partial charge in [-0.2, -0.15) is 0 Å². The standard InChI is InChI=1S/C22H16ClN3O2/c23-16-11-9-14(10-12-16)22(27)21(20-13-15-5-1-4-8-19(15)28-20)26-18-7-3-2-6-17(18)24-25-26/h1-13,21-22,27H. The van der Waals surface area contributed by atoms with Crippen molar-refractivity contribution in [3.63, 3.8) is 0 Å². The molecule has 0 aliphatic rings. The van der Waals surface area contributed by atoms with Gasteiger partial charge in [0.05, 0.1) is 5.52 Å². The highest BCUT2D eigenvalue weighted by Gasteiger charge is 2.30. The predicted octanol–water partition coefficient (Wildman–Crippen LogP) is 5.15. The van der Waals surface area contributed by atoms with Crippen molar-refractivity contribution in [2.75, 3.05) is 0 Å². The molecule has 2 heterocycles. The molecule has 0 aliphatic heterocycles. The molecule has 138 valence electrons. The van der Waals surface area contributed by atoms with Gasteiger partial charge in [0.25, 0.3) is 0 Å². The van der Waals surface area contributed by atoms with Crippen LogP contribution in [0.25, 0.3) is 22.0 Å². The number of furan rings is 1. The van der Waals surface area contributed by atoms with Crippen LogP contribution in [0.1, 0.15) is 23.5 Å². The molecule has 0 radical (unpaired) electrons. The van der Waals surface area contributed by atoms with Crippen LogP contribution in [0, 0.1) is 0 Å². The minimum atomic E-state index is -0.900. The fourth-order valence-corrected chi connectivity index (χ4v) is 3.62. The van der Waals surface area contributed by atoms with Crippen LogP contribution >= 0.6 is 11.6 Å². The molecule has 2 unspecified atom stereocenters. The van der Waals surface area contributed by atoms with Crippen LogP contribution in [0.5, 0.6) is 0 Å². The van der Waals surface area contributed by atoms with Crippen molar-refractivity contribution < 1.29 is 9.52 Å². The molecule has 6 heteroatoms. The van der Waals surface area contributed by atoms with Gasteiger partial charge in [0.1, 0.15) is 29.0 Å². The quantitative estimate of drug-likeness (QED) is 0.461. The third kappa shape index (κ3) is 2.85. The molecule has 0 saturated carbocycles. The fraction of sp³-hybridized carbons (Fsp3) is 0.0909. The molecular weight excluding hydrogens is 374 g/mol. The van der Waals surface area contributed by atoms with Crippen LogP contribution in [0.15, 0.2) is 83.3 Å².